The summed E-state index contributed by atoms with van der Waals surface area (Å²) in [5, 5.41) is 0. The van der Waals surface area contributed by atoms with Crippen LogP contribution in [-0.2, 0) is 12.8 Å². The predicted molar refractivity (Wildman–Crippen MR) is 103 cm³/mol. The van der Waals surface area contributed by atoms with Crippen molar-refractivity contribution in [1.29, 1.82) is 0 Å². The highest BCUT2D eigenvalue weighted by molar-refractivity contribution is 5.16. The Labute approximate surface area is 146 Å². The number of hydrogen-bond acceptors (Lipinski definition) is 0. The summed E-state index contributed by atoms with van der Waals surface area (Å²) in [6, 6.07) is 27.4. The Balaban J connectivity index is 0.000000181. The van der Waals surface area contributed by atoms with Crippen LogP contribution < -0.4 is 0 Å². The minimum Gasteiger partial charge on any atom is -0.207 e. The molecule has 3 aromatic rings. The molecular formula is C23H27F. The van der Waals surface area contributed by atoms with Gasteiger partial charge in [0, 0.05) is 0 Å². The second kappa shape index (κ2) is 12.1. The van der Waals surface area contributed by atoms with Gasteiger partial charge in [0.15, 0.2) is 0 Å². The van der Waals surface area contributed by atoms with Gasteiger partial charge in [-0.1, -0.05) is 92.2 Å². The molecule has 0 bridgehead atoms. The monoisotopic (exact) mass is 322 g/mol. The SMILES string of the molecule is CCc1cccc(F)c1.CCc1ccccc1.Cc1ccccc1. The fourth-order valence-corrected chi connectivity index (χ4v) is 2.00. The quantitative estimate of drug-likeness (QED) is 0.496. The maximum atomic E-state index is 12.4. The van der Waals surface area contributed by atoms with E-state index in [4.69, 9.17) is 0 Å². The molecule has 0 amide bonds. The molecule has 0 aliphatic rings. The van der Waals surface area contributed by atoms with Gasteiger partial charge in [-0.2, -0.15) is 0 Å². The molecule has 0 aliphatic carbocycles. The molecule has 0 N–H and O–H groups in total. The number of aryl methyl sites for hydroxylation is 3. The summed E-state index contributed by atoms with van der Waals surface area (Å²) >= 11 is 0. The lowest BCUT2D eigenvalue weighted by Crippen LogP contribution is -1.79. The highest BCUT2D eigenvalue weighted by Crippen LogP contribution is 2.02. The first-order chi connectivity index (χ1) is 11.7. The van der Waals surface area contributed by atoms with Crippen LogP contribution >= 0.6 is 0 Å². The average Bonchev–Trinajstić information content (AvgIpc) is 2.64. The van der Waals surface area contributed by atoms with Gasteiger partial charge >= 0.3 is 0 Å². The second-order valence-electron chi connectivity index (χ2n) is 5.48. The van der Waals surface area contributed by atoms with Gasteiger partial charge in [0.2, 0.25) is 0 Å². The van der Waals surface area contributed by atoms with Crippen molar-refractivity contribution < 1.29 is 4.39 Å². The summed E-state index contributed by atoms with van der Waals surface area (Å²) in [7, 11) is 0. The van der Waals surface area contributed by atoms with Crippen LogP contribution in [0.3, 0.4) is 0 Å². The van der Waals surface area contributed by atoms with Crippen molar-refractivity contribution >= 4 is 0 Å². The van der Waals surface area contributed by atoms with E-state index in [1.807, 2.05) is 37.3 Å². The Bertz CT molecular complexity index is 660. The zero-order valence-electron chi connectivity index (χ0n) is 14.9. The molecule has 0 fully saturated rings. The number of rotatable bonds is 2. The Hall–Kier alpha value is -2.41. The molecule has 0 unspecified atom stereocenters. The molecule has 0 heterocycles. The van der Waals surface area contributed by atoms with Crippen LogP contribution in [0.2, 0.25) is 0 Å². The van der Waals surface area contributed by atoms with Gasteiger partial charge < -0.3 is 0 Å². The minimum atomic E-state index is -0.144. The third kappa shape index (κ3) is 8.89. The van der Waals surface area contributed by atoms with Crippen LogP contribution in [-0.4, -0.2) is 0 Å². The molecule has 0 saturated heterocycles. The first-order valence-corrected chi connectivity index (χ1v) is 8.45. The van der Waals surface area contributed by atoms with E-state index in [1.54, 1.807) is 12.1 Å². The van der Waals surface area contributed by atoms with Crippen LogP contribution in [0.4, 0.5) is 4.39 Å². The summed E-state index contributed by atoms with van der Waals surface area (Å²) in [5.41, 5.74) is 3.78. The van der Waals surface area contributed by atoms with Crippen molar-refractivity contribution in [2.75, 3.05) is 0 Å². The number of halogens is 1. The Kier molecular flexibility index (Phi) is 9.87. The van der Waals surface area contributed by atoms with E-state index in [0.717, 1.165) is 18.4 Å². The molecule has 24 heavy (non-hydrogen) atoms. The van der Waals surface area contributed by atoms with Crippen molar-refractivity contribution in [3.8, 4) is 0 Å². The van der Waals surface area contributed by atoms with E-state index in [9.17, 15) is 4.39 Å². The van der Waals surface area contributed by atoms with Crippen molar-refractivity contribution in [2.24, 2.45) is 0 Å². The molecule has 126 valence electrons. The van der Waals surface area contributed by atoms with Gasteiger partial charge in [-0.05, 0) is 43.0 Å². The van der Waals surface area contributed by atoms with Gasteiger partial charge in [-0.25, -0.2) is 4.39 Å². The standard InChI is InChI=1S/C8H9F.C8H10.C7H8/c1-2-7-4-3-5-8(9)6-7;1-2-8-6-4-3-5-7-8;1-7-5-3-2-4-6-7/h3-6H,2H2,1H3;3-7H,2H2,1H3;2-6H,1H3. The second-order valence-corrected chi connectivity index (χ2v) is 5.48. The van der Waals surface area contributed by atoms with Crippen molar-refractivity contribution in [3.05, 3.63) is 107 Å². The van der Waals surface area contributed by atoms with E-state index in [2.05, 4.69) is 50.2 Å². The fraction of sp³-hybridized carbons (Fsp3) is 0.217. The lowest BCUT2D eigenvalue weighted by Gasteiger charge is -1.92. The maximum absolute atomic E-state index is 12.4. The van der Waals surface area contributed by atoms with Gasteiger partial charge in [0.1, 0.15) is 5.82 Å². The molecule has 0 spiro atoms. The normalized spacial score (nSPS) is 9.17. The third-order valence-electron chi connectivity index (χ3n) is 3.49. The fourth-order valence-electron chi connectivity index (χ4n) is 2.00. The zero-order chi connectivity index (χ0) is 17.6. The number of hydrogen-bond donors (Lipinski definition) is 0. The molecule has 0 aliphatic heterocycles. The molecule has 1 heteroatoms. The first kappa shape index (κ1) is 19.6. The van der Waals surface area contributed by atoms with Gasteiger partial charge in [-0.3, -0.25) is 0 Å². The average molecular weight is 322 g/mol. The van der Waals surface area contributed by atoms with E-state index >= 15 is 0 Å². The summed E-state index contributed by atoms with van der Waals surface area (Å²) in [4.78, 5) is 0. The Morgan fingerprint density at radius 3 is 1.46 bits per heavy atom. The Morgan fingerprint density at radius 1 is 0.625 bits per heavy atom. The summed E-state index contributed by atoms with van der Waals surface area (Å²) in [5.74, 6) is -0.144. The van der Waals surface area contributed by atoms with Crippen LogP contribution in [0.25, 0.3) is 0 Å². The van der Waals surface area contributed by atoms with Crippen molar-refractivity contribution in [2.45, 2.75) is 33.6 Å². The van der Waals surface area contributed by atoms with E-state index in [1.165, 1.54) is 17.2 Å². The van der Waals surface area contributed by atoms with Gasteiger partial charge in [0.25, 0.3) is 0 Å². The predicted octanol–water partition coefficient (Wildman–Crippen LogP) is 6.63. The largest absolute Gasteiger partial charge is 0.207 e. The minimum absolute atomic E-state index is 0.144. The molecule has 0 radical (unpaired) electrons. The Morgan fingerprint density at radius 2 is 1.12 bits per heavy atom. The molecule has 3 rings (SSSR count). The lowest BCUT2D eigenvalue weighted by atomic mass is 10.2. The molecule has 0 atom stereocenters. The first-order valence-electron chi connectivity index (χ1n) is 8.45. The van der Waals surface area contributed by atoms with Crippen LogP contribution in [0.15, 0.2) is 84.9 Å². The lowest BCUT2D eigenvalue weighted by molar-refractivity contribution is 0.625. The van der Waals surface area contributed by atoms with E-state index in [-0.39, 0.29) is 5.82 Å². The van der Waals surface area contributed by atoms with Crippen LogP contribution in [0, 0.1) is 12.7 Å². The smallest absolute Gasteiger partial charge is 0.123 e. The maximum Gasteiger partial charge on any atom is 0.123 e. The van der Waals surface area contributed by atoms with E-state index in [0.29, 0.717) is 0 Å². The highest BCUT2D eigenvalue weighted by atomic mass is 19.1. The molecular weight excluding hydrogens is 295 g/mol. The number of benzene rings is 3. The molecule has 0 aromatic heterocycles. The van der Waals surface area contributed by atoms with Gasteiger partial charge in [0.05, 0.1) is 0 Å². The topological polar surface area (TPSA) is 0 Å². The van der Waals surface area contributed by atoms with Crippen molar-refractivity contribution in [1.82, 2.24) is 0 Å². The van der Waals surface area contributed by atoms with Crippen molar-refractivity contribution in [3.63, 3.8) is 0 Å². The van der Waals surface area contributed by atoms with Gasteiger partial charge in [-0.15, -0.1) is 0 Å². The zero-order valence-corrected chi connectivity index (χ0v) is 14.9. The molecule has 3 aromatic carbocycles. The summed E-state index contributed by atoms with van der Waals surface area (Å²) < 4.78 is 12.4. The van der Waals surface area contributed by atoms with Crippen LogP contribution in [0.1, 0.15) is 30.5 Å². The molecule has 0 saturated carbocycles. The highest BCUT2D eigenvalue weighted by Gasteiger charge is 1.89. The van der Waals surface area contributed by atoms with E-state index < -0.39 is 0 Å². The third-order valence-corrected chi connectivity index (χ3v) is 3.49. The molecule has 0 nitrogen and oxygen atoms in total. The van der Waals surface area contributed by atoms with Crippen LogP contribution in [0.5, 0.6) is 0 Å². The summed E-state index contributed by atoms with van der Waals surface area (Å²) in [6.07, 6.45) is 2.04. The summed E-state index contributed by atoms with van der Waals surface area (Å²) in [6.45, 7) is 6.25.